The Labute approximate surface area is 124 Å². The van der Waals surface area contributed by atoms with Gasteiger partial charge in [-0.2, -0.15) is 0 Å². The van der Waals surface area contributed by atoms with Crippen LogP contribution in [0.4, 0.5) is 4.39 Å². The first-order chi connectivity index (χ1) is 9.63. The van der Waals surface area contributed by atoms with Crippen molar-refractivity contribution in [1.29, 1.82) is 0 Å². The summed E-state index contributed by atoms with van der Waals surface area (Å²) in [6.07, 6.45) is 6.48. The maximum Gasteiger partial charge on any atom is 0.178 e. The zero-order chi connectivity index (χ0) is 14.1. The van der Waals surface area contributed by atoms with Gasteiger partial charge < -0.3 is 9.55 Å². The number of rotatable bonds is 3. The lowest BCUT2D eigenvalue weighted by molar-refractivity contribution is 0.269. The Balaban J connectivity index is 1.75. The van der Waals surface area contributed by atoms with Crippen molar-refractivity contribution in [2.45, 2.75) is 45.6 Å². The van der Waals surface area contributed by atoms with E-state index in [1.807, 2.05) is 4.57 Å². The Morgan fingerprint density at radius 2 is 2.05 bits per heavy atom. The van der Waals surface area contributed by atoms with E-state index in [-0.39, 0.29) is 5.82 Å². The van der Waals surface area contributed by atoms with Crippen molar-refractivity contribution in [3.63, 3.8) is 0 Å². The van der Waals surface area contributed by atoms with Crippen molar-refractivity contribution >= 4 is 23.3 Å². The van der Waals surface area contributed by atoms with Gasteiger partial charge in [0, 0.05) is 6.54 Å². The number of aryl methyl sites for hydroxylation is 1. The summed E-state index contributed by atoms with van der Waals surface area (Å²) in [6.45, 7) is 3.23. The summed E-state index contributed by atoms with van der Waals surface area (Å²) in [5.41, 5.74) is 1.81. The zero-order valence-corrected chi connectivity index (χ0v) is 12.7. The molecule has 20 heavy (non-hydrogen) atoms. The first-order valence-corrected chi connectivity index (χ1v) is 7.92. The normalized spacial score (nSPS) is 23.3. The van der Waals surface area contributed by atoms with Crippen LogP contribution in [0, 0.1) is 22.4 Å². The van der Waals surface area contributed by atoms with E-state index < -0.39 is 0 Å². The molecule has 1 aliphatic rings. The van der Waals surface area contributed by atoms with Crippen LogP contribution in [0.2, 0.25) is 0 Å². The van der Waals surface area contributed by atoms with Crippen LogP contribution in [0.25, 0.3) is 11.0 Å². The molecule has 1 aliphatic carbocycles. The van der Waals surface area contributed by atoms with E-state index in [2.05, 4.69) is 11.9 Å². The molecular formula is C16H21FN2S. The lowest BCUT2D eigenvalue weighted by atomic mass is 9.81. The second-order valence-electron chi connectivity index (χ2n) is 6.16. The quantitative estimate of drug-likeness (QED) is 0.785. The van der Waals surface area contributed by atoms with Crippen LogP contribution < -0.4 is 0 Å². The van der Waals surface area contributed by atoms with Crippen LogP contribution in [0.3, 0.4) is 0 Å². The highest BCUT2D eigenvalue weighted by molar-refractivity contribution is 7.71. The van der Waals surface area contributed by atoms with Crippen LogP contribution in [-0.2, 0) is 6.54 Å². The van der Waals surface area contributed by atoms with Crippen LogP contribution in [-0.4, -0.2) is 9.55 Å². The molecule has 0 saturated heterocycles. The van der Waals surface area contributed by atoms with Gasteiger partial charge in [0.2, 0.25) is 0 Å². The molecule has 0 unspecified atom stereocenters. The molecule has 1 aromatic carbocycles. The average molecular weight is 292 g/mol. The molecule has 1 saturated carbocycles. The maximum atomic E-state index is 13.4. The van der Waals surface area contributed by atoms with Crippen LogP contribution in [0.5, 0.6) is 0 Å². The van der Waals surface area contributed by atoms with Gasteiger partial charge >= 0.3 is 0 Å². The maximum absolute atomic E-state index is 13.4. The minimum atomic E-state index is -0.202. The topological polar surface area (TPSA) is 20.7 Å². The minimum Gasteiger partial charge on any atom is -0.331 e. The summed E-state index contributed by atoms with van der Waals surface area (Å²) in [4.78, 5) is 3.16. The summed E-state index contributed by atoms with van der Waals surface area (Å²) in [6, 6.07) is 4.81. The molecule has 1 heterocycles. The molecule has 1 aromatic heterocycles. The first-order valence-electron chi connectivity index (χ1n) is 7.51. The van der Waals surface area contributed by atoms with Crippen molar-refractivity contribution in [3.8, 4) is 0 Å². The summed E-state index contributed by atoms with van der Waals surface area (Å²) in [5, 5.41) is 0. The predicted octanol–water partition coefficient (Wildman–Crippen LogP) is 5.05. The number of aromatic nitrogens is 2. The van der Waals surface area contributed by atoms with Crippen molar-refractivity contribution in [2.24, 2.45) is 11.8 Å². The number of fused-ring (bicyclic) bond motifs is 1. The Hall–Kier alpha value is -1.16. The highest BCUT2D eigenvalue weighted by Crippen LogP contribution is 2.31. The highest BCUT2D eigenvalue weighted by atomic mass is 32.1. The smallest absolute Gasteiger partial charge is 0.178 e. The van der Waals surface area contributed by atoms with Crippen LogP contribution >= 0.6 is 12.2 Å². The molecule has 2 aromatic rings. The fraction of sp³-hybridized carbons (Fsp3) is 0.562. The fourth-order valence-electron chi connectivity index (χ4n) is 3.28. The number of hydrogen-bond donors (Lipinski definition) is 1. The van der Waals surface area contributed by atoms with Crippen molar-refractivity contribution in [1.82, 2.24) is 9.55 Å². The molecule has 2 nitrogen and oxygen atoms in total. The molecule has 0 bridgehead atoms. The van der Waals surface area contributed by atoms with E-state index in [1.165, 1.54) is 31.7 Å². The van der Waals surface area contributed by atoms with Gasteiger partial charge in [-0.25, -0.2) is 4.39 Å². The predicted molar refractivity (Wildman–Crippen MR) is 82.8 cm³/mol. The van der Waals surface area contributed by atoms with Crippen molar-refractivity contribution in [3.05, 3.63) is 28.8 Å². The van der Waals surface area contributed by atoms with Gasteiger partial charge in [-0.05, 0) is 48.7 Å². The number of hydrogen-bond acceptors (Lipinski definition) is 1. The number of imidazole rings is 1. The van der Waals surface area contributed by atoms with Crippen molar-refractivity contribution < 1.29 is 4.39 Å². The third-order valence-electron chi connectivity index (χ3n) is 4.63. The number of nitrogens with one attached hydrogen (secondary N) is 1. The molecule has 0 radical (unpaired) electrons. The molecule has 0 spiro atoms. The minimum absolute atomic E-state index is 0.202. The van der Waals surface area contributed by atoms with Gasteiger partial charge in [-0.3, -0.25) is 0 Å². The molecular weight excluding hydrogens is 271 g/mol. The van der Waals surface area contributed by atoms with Crippen LogP contribution in [0.15, 0.2) is 18.2 Å². The Bertz CT molecular complexity index is 650. The molecule has 3 rings (SSSR count). The zero-order valence-electron chi connectivity index (χ0n) is 11.9. The number of aromatic amines is 1. The van der Waals surface area contributed by atoms with E-state index in [9.17, 15) is 4.39 Å². The molecule has 0 amide bonds. The molecule has 108 valence electrons. The van der Waals surface area contributed by atoms with Gasteiger partial charge in [-0.15, -0.1) is 0 Å². The molecule has 1 N–H and O–H groups in total. The summed E-state index contributed by atoms with van der Waals surface area (Å²) in [5.74, 6) is 1.48. The van der Waals surface area contributed by atoms with Gasteiger partial charge in [0.15, 0.2) is 4.77 Å². The van der Waals surface area contributed by atoms with Crippen LogP contribution in [0.1, 0.15) is 39.0 Å². The van der Waals surface area contributed by atoms with E-state index in [1.54, 1.807) is 12.1 Å². The lowest BCUT2D eigenvalue weighted by Crippen LogP contribution is -2.14. The SMILES string of the molecule is CC1CCC(CCn2c(=S)[nH]c3ccc(F)cc32)CC1. The van der Waals surface area contributed by atoms with E-state index in [0.29, 0.717) is 4.77 Å². The van der Waals surface area contributed by atoms with E-state index in [0.717, 1.165) is 35.8 Å². The van der Waals surface area contributed by atoms with Gasteiger partial charge in [-0.1, -0.05) is 32.6 Å². The molecule has 1 fully saturated rings. The Morgan fingerprint density at radius 3 is 2.80 bits per heavy atom. The van der Waals surface area contributed by atoms with Gasteiger partial charge in [0.25, 0.3) is 0 Å². The molecule has 4 heteroatoms. The third-order valence-corrected chi connectivity index (χ3v) is 4.96. The monoisotopic (exact) mass is 292 g/mol. The molecule has 0 aliphatic heterocycles. The largest absolute Gasteiger partial charge is 0.331 e. The van der Waals surface area contributed by atoms with Gasteiger partial charge in [0.1, 0.15) is 5.82 Å². The van der Waals surface area contributed by atoms with E-state index >= 15 is 0 Å². The Morgan fingerprint density at radius 1 is 1.30 bits per heavy atom. The van der Waals surface area contributed by atoms with Gasteiger partial charge in [0.05, 0.1) is 11.0 Å². The molecule has 0 atom stereocenters. The van der Waals surface area contributed by atoms with E-state index in [4.69, 9.17) is 12.2 Å². The standard InChI is InChI=1S/C16H21FN2S/c1-11-2-4-12(5-3-11)8-9-19-15-10-13(17)6-7-14(15)18-16(19)20/h6-7,10-12H,2-5,8-9H2,1H3,(H,18,20). The highest BCUT2D eigenvalue weighted by Gasteiger charge is 2.18. The number of halogens is 1. The number of H-pyrrole nitrogens is 1. The second-order valence-corrected chi connectivity index (χ2v) is 6.54. The summed E-state index contributed by atoms with van der Waals surface area (Å²) >= 11 is 5.37. The number of benzene rings is 1. The third kappa shape index (κ3) is 2.80. The second kappa shape index (κ2) is 5.68. The lowest BCUT2D eigenvalue weighted by Gasteiger charge is -2.26. The summed E-state index contributed by atoms with van der Waals surface area (Å²) < 4.78 is 16.2. The first kappa shape index (κ1) is 13.8. The summed E-state index contributed by atoms with van der Waals surface area (Å²) in [7, 11) is 0. The average Bonchev–Trinajstić information content (AvgIpc) is 2.73. The van der Waals surface area contributed by atoms with Crippen molar-refractivity contribution in [2.75, 3.05) is 0 Å². The number of nitrogens with zero attached hydrogens (tertiary/aromatic N) is 1. The Kier molecular flexibility index (Phi) is 3.92. The fourth-order valence-corrected chi connectivity index (χ4v) is 3.58.